The maximum absolute atomic E-state index is 14.1. The molecule has 0 aromatic heterocycles. The van der Waals surface area contributed by atoms with Crippen LogP contribution in [0.25, 0.3) is 0 Å². The number of halogens is 3. The number of nitrogens with two attached hydrogens (primary N) is 1. The quantitative estimate of drug-likeness (QED) is 0.864. The molecule has 110 valence electrons. The van der Waals surface area contributed by atoms with Crippen LogP contribution in [0, 0.1) is 11.6 Å². The molecular formula is C15H13ClF2N2S. The van der Waals surface area contributed by atoms with Crippen molar-refractivity contribution >= 4 is 34.5 Å². The lowest BCUT2D eigenvalue weighted by Gasteiger charge is -2.21. The van der Waals surface area contributed by atoms with Gasteiger partial charge in [-0.2, -0.15) is 0 Å². The number of thiocarbonyl (C=S) groups is 1. The van der Waals surface area contributed by atoms with E-state index in [-0.39, 0.29) is 22.8 Å². The minimum atomic E-state index is -0.715. The first-order valence-corrected chi connectivity index (χ1v) is 6.92. The molecule has 0 saturated carbocycles. The van der Waals surface area contributed by atoms with Gasteiger partial charge in [0.25, 0.3) is 0 Å². The van der Waals surface area contributed by atoms with Crippen LogP contribution in [0.15, 0.2) is 36.4 Å². The summed E-state index contributed by atoms with van der Waals surface area (Å²) in [6.45, 7) is 0.278. The average Bonchev–Trinajstić information content (AvgIpc) is 2.40. The van der Waals surface area contributed by atoms with Crippen molar-refractivity contribution in [3.05, 3.63) is 64.2 Å². The van der Waals surface area contributed by atoms with E-state index in [2.05, 4.69) is 0 Å². The Balaban J connectivity index is 2.34. The Morgan fingerprint density at radius 2 is 1.81 bits per heavy atom. The summed E-state index contributed by atoms with van der Waals surface area (Å²) in [5.41, 5.74) is 6.18. The number of benzene rings is 2. The molecule has 0 aliphatic carbocycles. The third-order valence-electron chi connectivity index (χ3n) is 3.05. The molecule has 2 N–H and O–H groups in total. The van der Waals surface area contributed by atoms with Gasteiger partial charge in [0.05, 0.1) is 0 Å². The first kappa shape index (κ1) is 15.7. The topological polar surface area (TPSA) is 29.3 Å². The molecule has 0 unspecified atom stereocenters. The van der Waals surface area contributed by atoms with E-state index in [0.717, 1.165) is 17.7 Å². The SMILES string of the molecule is CN(Cc1ccccc1Cl)c1c(F)cc(C(N)=S)cc1F. The Kier molecular flexibility index (Phi) is 4.75. The molecule has 0 bridgehead atoms. The minimum absolute atomic E-state index is 0.0480. The van der Waals surface area contributed by atoms with Crippen molar-refractivity contribution in [1.29, 1.82) is 0 Å². The number of hydrogen-bond acceptors (Lipinski definition) is 2. The fourth-order valence-electron chi connectivity index (χ4n) is 2.03. The summed E-state index contributed by atoms with van der Waals surface area (Å²) in [5, 5.41) is 0.546. The Morgan fingerprint density at radius 1 is 1.24 bits per heavy atom. The third kappa shape index (κ3) is 3.49. The highest BCUT2D eigenvalue weighted by Crippen LogP contribution is 2.27. The zero-order chi connectivity index (χ0) is 15.6. The van der Waals surface area contributed by atoms with Crippen molar-refractivity contribution < 1.29 is 8.78 Å². The van der Waals surface area contributed by atoms with Gasteiger partial charge >= 0.3 is 0 Å². The molecule has 2 aromatic carbocycles. The third-order valence-corrected chi connectivity index (χ3v) is 3.65. The highest BCUT2D eigenvalue weighted by atomic mass is 35.5. The molecule has 0 aliphatic heterocycles. The summed E-state index contributed by atoms with van der Waals surface area (Å²) in [4.78, 5) is 1.41. The van der Waals surface area contributed by atoms with Crippen LogP contribution in [0.4, 0.5) is 14.5 Å². The fraction of sp³-hybridized carbons (Fsp3) is 0.133. The normalized spacial score (nSPS) is 10.5. The predicted octanol–water partition coefficient (Wildman–Crippen LogP) is 3.89. The van der Waals surface area contributed by atoms with Gasteiger partial charge in [-0.25, -0.2) is 8.78 Å². The van der Waals surface area contributed by atoms with E-state index >= 15 is 0 Å². The molecule has 0 amide bonds. The van der Waals surface area contributed by atoms with Gasteiger partial charge in [-0.1, -0.05) is 42.0 Å². The number of rotatable bonds is 4. The van der Waals surface area contributed by atoms with Crippen LogP contribution < -0.4 is 10.6 Å². The average molecular weight is 327 g/mol. The zero-order valence-electron chi connectivity index (χ0n) is 11.2. The van der Waals surface area contributed by atoms with Crippen LogP contribution >= 0.6 is 23.8 Å². The summed E-state index contributed by atoms with van der Waals surface area (Å²) in [5.74, 6) is -1.43. The first-order valence-electron chi connectivity index (χ1n) is 6.13. The molecule has 21 heavy (non-hydrogen) atoms. The summed E-state index contributed by atoms with van der Waals surface area (Å²) in [6.07, 6.45) is 0. The van der Waals surface area contributed by atoms with Gasteiger partial charge in [0.15, 0.2) is 0 Å². The summed E-state index contributed by atoms with van der Waals surface area (Å²) < 4.78 is 28.2. The number of anilines is 1. The Labute approximate surface area is 132 Å². The molecule has 0 atom stereocenters. The Hall–Kier alpha value is -1.72. The highest BCUT2D eigenvalue weighted by molar-refractivity contribution is 7.80. The van der Waals surface area contributed by atoms with Crippen molar-refractivity contribution in [2.24, 2.45) is 5.73 Å². The van der Waals surface area contributed by atoms with Gasteiger partial charge in [0, 0.05) is 24.2 Å². The van der Waals surface area contributed by atoms with Crippen molar-refractivity contribution in [2.75, 3.05) is 11.9 Å². The van der Waals surface area contributed by atoms with Gasteiger partial charge in [-0.3, -0.25) is 0 Å². The van der Waals surface area contributed by atoms with Crippen LogP contribution in [0.3, 0.4) is 0 Å². The predicted molar refractivity (Wildman–Crippen MR) is 85.8 cm³/mol. The molecule has 0 radical (unpaired) electrons. The fourth-order valence-corrected chi connectivity index (χ4v) is 2.35. The molecule has 0 fully saturated rings. The second-order valence-electron chi connectivity index (χ2n) is 4.60. The largest absolute Gasteiger partial charge is 0.389 e. The van der Waals surface area contributed by atoms with Gasteiger partial charge in [-0.15, -0.1) is 0 Å². The molecule has 0 heterocycles. The van der Waals surface area contributed by atoms with E-state index in [0.29, 0.717) is 5.02 Å². The van der Waals surface area contributed by atoms with Crippen molar-refractivity contribution in [2.45, 2.75) is 6.54 Å². The lowest BCUT2D eigenvalue weighted by molar-refractivity contribution is 0.576. The van der Waals surface area contributed by atoms with Crippen molar-refractivity contribution in [1.82, 2.24) is 0 Å². The highest BCUT2D eigenvalue weighted by Gasteiger charge is 2.17. The monoisotopic (exact) mass is 326 g/mol. The zero-order valence-corrected chi connectivity index (χ0v) is 12.8. The maximum Gasteiger partial charge on any atom is 0.150 e. The summed E-state index contributed by atoms with van der Waals surface area (Å²) in [7, 11) is 1.59. The van der Waals surface area contributed by atoms with Gasteiger partial charge in [0.1, 0.15) is 22.3 Å². The van der Waals surface area contributed by atoms with E-state index in [4.69, 9.17) is 29.6 Å². The standard InChI is InChI=1S/C15H13ClF2N2S/c1-20(8-9-4-2-3-5-11(9)16)14-12(17)6-10(15(19)21)7-13(14)18/h2-7H,8H2,1H3,(H2,19,21). The molecule has 2 nitrogen and oxygen atoms in total. The van der Waals surface area contributed by atoms with E-state index in [9.17, 15) is 8.78 Å². The molecule has 2 rings (SSSR count). The molecule has 0 aliphatic rings. The first-order chi connectivity index (χ1) is 9.90. The number of hydrogen-bond donors (Lipinski definition) is 1. The molecule has 2 aromatic rings. The van der Waals surface area contributed by atoms with Gasteiger partial charge < -0.3 is 10.6 Å². The Bertz CT molecular complexity index is 668. The van der Waals surface area contributed by atoms with Crippen LogP contribution in [-0.4, -0.2) is 12.0 Å². The van der Waals surface area contributed by atoms with E-state index < -0.39 is 11.6 Å². The summed E-state index contributed by atoms with van der Waals surface area (Å²) >= 11 is 10.8. The van der Waals surface area contributed by atoms with E-state index in [1.807, 2.05) is 6.07 Å². The van der Waals surface area contributed by atoms with Gasteiger partial charge in [-0.05, 0) is 23.8 Å². The van der Waals surface area contributed by atoms with Crippen molar-refractivity contribution in [3.8, 4) is 0 Å². The minimum Gasteiger partial charge on any atom is -0.389 e. The lowest BCUT2D eigenvalue weighted by atomic mass is 10.1. The molecular weight excluding hydrogens is 314 g/mol. The van der Waals surface area contributed by atoms with E-state index in [1.165, 1.54) is 4.90 Å². The number of nitrogens with zero attached hydrogens (tertiary/aromatic N) is 1. The van der Waals surface area contributed by atoms with Crippen LogP contribution in [-0.2, 0) is 6.54 Å². The molecule has 6 heteroatoms. The second-order valence-corrected chi connectivity index (χ2v) is 5.45. The van der Waals surface area contributed by atoms with Crippen LogP contribution in [0.5, 0.6) is 0 Å². The second kappa shape index (κ2) is 6.37. The smallest absolute Gasteiger partial charge is 0.150 e. The van der Waals surface area contributed by atoms with Crippen LogP contribution in [0.1, 0.15) is 11.1 Å². The van der Waals surface area contributed by atoms with E-state index in [1.54, 1.807) is 25.2 Å². The lowest BCUT2D eigenvalue weighted by Crippen LogP contribution is -2.20. The maximum atomic E-state index is 14.1. The molecule has 0 saturated heterocycles. The van der Waals surface area contributed by atoms with Crippen molar-refractivity contribution in [3.63, 3.8) is 0 Å². The van der Waals surface area contributed by atoms with Crippen LogP contribution in [0.2, 0.25) is 5.02 Å². The van der Waals surface area contributed by atoms with Gasteiger partial charge in [0.2, 0.25) is 0 Å². The Morgan fingerprint density at radius 3 is 2.33 bits per heavy atom. The molecule has 0 spiro atoms. The summed E-state index contributed by atoms with van der Waals surface area (Å²) in [6, 6.07) is 9.40.